The van der Waals surface area contributed by atoms with E-state index in [4.69, 9.17) is 9.47 Å². The number of nitrogens with one attached hydrogen (secondary N) is 1. The fraction of sp³-hybridized carbons (Fsp3) is 0.174. The van der Waals surface area contributed by atoms with E-state index >= 15 is 0 Å². The Labute approximate surface area is 168 Å². The maximum absolute atomic E-state index is 12.1. The number of ether oxygens (including phenoxy) is 2. The summed E-state index contributed by atoms with van der Waals surface area (Å²) in [5, 5.41) is 4.69. The van der Waals surface area contributed by atoms with Gasteiger partial charge in [-0.05, 0) is 42.6 Å². The smallest absolute Gasteiger partial charge is 0.309 e. The summed E-state index contributed by atoms with van der Waals surface area (Å²) >= 11 is 0. The number of fused-ring (bicyclic) bond motifs is 1. The molecular weight excluding hydrogens is 370 g/mol. The van der Waals surface area contributed by atoms with Crippen LogP contribution < -0.4 is 10.1 Å². The first-order valence-electron chi connectivity index (χ1n) is 9.20. The van der Waals surface area contributed by atoms with Gasteiger partial charge in [0.15, 0.2) is 12.4 Å². The molecule has 148 valence electrons. The average Bonchev–Trinajstić information content (AvgIpc) is 2.73. The molecule has 0 saturated carbocycles. The zero-order valence-corrected chi connectivity index (χ0v) is 16.0. The molecule has 0 unspecified atom stereocenters. The zero-order chi connectivity index (χ0) is 20.6. The van der Waals surface area contributed by atoms with Gasteiger partial charge in [-0.2, -0.15) is 0 Å². The molecule has 0 heterocycles. The lowest BCUT2D eigenvalue weighted by molar-refractivity contribution is -0.147. The van der Waals surface area contributed by atoms with Crippen LogP contribution in [0.25, 0.3) is 10.8 Å². The first-order chi connectivity index (χ1) is 14.0. The minimum atomic E-state index is -0.529. The van der Waals surface area contributed by atoms with Gasteiger partial charge in [0.25, 0.3) is 5.91 Å². The second kappa shape index (κ2) is 9.50. The summed E-state index contributed by atoms with van der Waals surface area (Å²) in [6, 6.07) is 20.0. The third-order valence-electron chi connectivity index (χ3n) is 4.26. The number of hydrogen-bond acceptors (Lipinski definition) is 5. The molecule has 0 radical (unpaired) electrons. The van der Waals surface area contributed by atoms with Crippen LogP contribution in [0.5, 0.6) is 5.75 Å². The lowest BCUT2D eigenvalue weighted by atomic mass is 10.1. The quantitative estimate of drug-likeness (QED) is 0.464. The molecule has 0 aliphatic carbocycles. The Hall–Kier alpha value is -3.67. The number of carbonyl (C=O) groups is 3. The first kappa shape index (κ1) is 20.1. The van der Waals surface area contributed by atoms with Crippen molar-refractivity contribution in [2.45, 2.75) is 13.3 Å². The predicted molar refractivity (Wildman–Crippen MR) is 110 cm³/mol. The molecule has 6 heteroatoms. The van der Waals surface area contributed by atoms with Crippen molar-refractivity contribution in [2.24, 2.45) is 0 Å². The van der Waals surface area contributed by atoms with E-state index in [2.05, 4.69) is 5.32 Å². The van der Waals surface area contributed by atoms with E-state index < -0.39 is 11.9 Å². The van der Waals surface area contributed by atoms with E-state index in [1.54, 1.807) is 30.3 Å². The summed E-state index contributed by atoms with van der Waals surface area (Å²) in [6.45, 7) is 1.24. The molecule has 6 nitrogen and oxygen atoms in total. The van der Waals surface area contributed by atoms with Crippen LogP contribution in [0, 0.1) is 0 Å². The third-order valence-corrected chi connectivity index (χ3v) is 4.26. The Balaban J connectivity index is 1.42. The van der Waals surface area contributed by atoms with Crippen molar-refractivity contribution in [3.05, 3.63) is 72.3 Å². The lowest BCUT2D eigenvalue weighted by Crippen LogP contribution is -2.21. The number of anilines is 1. The number of benzene rings is 3. The minimum absolute atomic E-state index is 0.00993. The van der Waals surface area contributed by atoms with Gasteiger partial charge in [0, 0.05) is 16.6 Å². The Morgan fingerprint density at radius 2 is 1.62 bits per heavy atom. The molecule has 1 N–H and O–H groups in total. The van der Waals surface area contributed by atoms with Crippen molar-refractivity contribution < 1.29 is 23.9 Å². The summed E-state index contributed by atoms with van der Waals surface area (Å²) in [6.07, 6.45) is 0.00993. The van der Waals surface area contributed by atoms with Crippen molar-refractivity contribution in [1.29, 1.82) is 0 Å². The van der Waals surface area contributed by atoms with E-state index in [1.807, 2.05) is 36.4 Å². The fourth-order valence-corrected chi connectivity index (χ4v) is 2.78. The van der Waals surface area contributed by atoms with Crippen LogP contribution in [0.3, 0.4) is 0 Å². The second-order valence-corrected chi connectivity index (χ2v) is 6.41. The maximum atomic E-state index is 12.1. The molecule has 0 bridgehead atoms. The van der Waals surface area contributed by atoms with Gasteiger partial charge < -0.3 is 14.8 Å². The molecule has 3 aromatic carbocycles. The average molecular weight is 391 g/mol. The normalized spacial score (nSPS) is 10.4. The van der Waals surface area contributed by atoms with Crippen LogP contribution in [0.1, 0.15) is 23.7 Å². The van der Waals surface area contributed by atoms with Crippen molar-refractivity contribution in [3.8, 4) is 5.75 Å². The van der Waals surface area contributed by atoms with Crippen molar-refractivity contribution in [2.75, 3.05) is 18.5 Å². The number of carbonyl (C=O) groups excluding carboxylic acids is 3. The Kier molecular flexibility index (Phi) is 6.58. The second-order valence-electron chi connectivity index (χ2n) is 6.41. The molecule has 3 rings (SSSR count). The molecule has 3 aromatic rings. The molecule has 0 spiro atoms. The van der Waals surface area contributed by atoms with Crippen LogP contribution in [-0.4, -0.2) is 30.9 Å². The van der Waals surface area contributed by atoms with Crippen LogP contribution >= 0.6 is 0 Å². The standard InChI is InChI=1S/C23H21NO5/c1-16(25)17-9-11-19(12-10-17)28-14-13-23(27)29-15-22(26)24-21-8-4-6-18-5-2-3-7-20(18)21/h2-12H,13-15H2,1H3,(H,24,26). The van der Waals surface area contributed by atoms with Gasteiger partial charge in [0.2, 0.25) is 0 Å². The summed E-state index contributed by atoms with van der Waals surface area (Å²) < 4.78 is 10.5. The van der Waals surface area contributed by atoms with E-state index in [0.717, 1.165) is 10.8 Å². The fourth-order valence-electron chi connectivity index (χ4n) is 2.78. The van der Waals surface area contributed by atoms with E-state index in [9.17, 15) is 14.4 Å². The van der Waals surface area contributed by atoms with E-state index in [-0.39, 0.29) is 25.4 Å². The number of rotatable bonds is 8. The highest BCUT2D eigenvalue weighted by Gasteiger charge is 2.10. The van der Waals surface area contributed by atoms with Crippen LogP contribution in [0.4, 0.5) is 5.69 Å². The summed E-state index contributed by atoms with van der Waals surface area (Å²) in [7, 11) is 0. The predicted octanol–water partition coefficient (Wildman–Crippen LogP) is 3.99. The Morgan fingerprint density at radius 1 is 0.897 bits per heavy atom. The molecule has 0 aromatic heterocycles. The monoisotopic (exact) mass is 391 g/mol. The number of esters is 1. The highest BCUT2D eigenvalue weighted by molar-refractivity contribution is 6.02. The van der Waals surface area contributed by atoms with Gasteiger partial charge in [-0.15, -0.1) is 0 Å². The number of ketones is 1. The van der Waals surface area contributed by atoms with Crippen molar-refractivity contribution in [3.63, 3.8) is 0 Å². The van der Waals surface area contributed by atoms with E-state index in [1.165, 1.54) is 6.92 Å². The number of hydrogen-bond donors (Lipinski definition) is 1. The summed E-state index contributed by atoms with van der Waals surface area (Å²) in [4.78, 5) is 35.1. The zero-order valence-electron chi connectivity index (χ0n) is 16.0. The van der Waals surface area contributed by atoms with Gasteiger partial charge in [-0.1, -0.05) is 36.4 Å². The van der Waals surface area contributed by atoms with E-state index in [0.29, 0.717) is 17.0 Å². The van der Waals surface area contributed by atoms with Gasteiger partial charge >= 0.3 is 5.97 Å². The molecule has 1 amide bonds. The summed E-state index contributed by atoms with van der Waals surface area (Å²) in [5.74, 6) is -0.410. The van der Waals surface area contributed by atoms with Crippen LogP contribution in [0.2, 0.25) is 0 Å². The molecule has 0 fully saturated rings. The SMILES string of the molecule is CC(=O)c1ccc(OCCC(=O)OCC(=O)Nc2cccc3ccccc23)cc1. The van der Waals surface area contributed by atoms with Gasteiger partial charge in [0.1, 0.15) is 5.75 Å². The summed E-state index contributed by atoms with van der Waals surface area (Å²) in [5.41, 5.74) is 1.26. The molecular formula is C23H21NO5. The largest absolute Gasteiger partial charge is 0.493 e. The molecule has 29 heavy (non-hydrogen) atoms. The first-order valence-corrected chi connectivity index (χ1v) is 9.20. The third kappa shape index (κ3) is 5.65. The highest BCUT2D eigenvalue weighted by atomic mass is 16.5. The maximum Gasteiger partial charge on any atom is 0.309 e. The molecule has 0 aliphatic rings. The van der Waals surface area contributed by atoms with Crippen LogP contribution in [0.15, 0.2) is 66.7 Å². The molecule has 0 aliphatic heterocycles. The van der Waals surface area contributed by atoms with Gasteiger partial charge in [-0.25, -0.2) is 0 Å². The van der Waals surface area contributed by atoms with Crippen molar-refractivity contribution >= 4 is 34.1 Å². The highest BCUT2D eigenvalue weighted by Crippen LogP contribution is 2.22. The Morgan fingerprint density at radius 3 is 2.38 bits per heavy atom. The van der Waals surface area contributed by atoms with Crippen molar-refractivity contribution in [1.82, 2.24) is 0 Å². The molecule has 0 saturated heterocycles. The molecule has 0 atom stereocenters. The number of Topliss-reactive ketones (excluding diaryl/α,β-unsaturated/α-hetero) is 1. The Bertz CT molecular complexity index is 1020. The topological polar surface area (TPSA) is 81.7 Å². The number of amides is 1. The van der Waals surface area contributed by atoms with Crippen LogP contribution in [-0.2, 0) is 14.3 Å². The minimum Gasteiger partial charge on any atom is -0.493 e. The van der Waals surface area contributed by atoms with Gasteiger partial charge in [0.05, 0.1) is 13.0 Å². The lowest BCUT2D eigenvalue weighted by Gasteiger charge is -2.10. The van der Waals surface area contributed by atoms with Gasteiger partial charge in [-0.3, -0.25) is 14.4 Å².